The minimum absolute atomic E-state index is 0.00661. The first-order valence-corrected chi connectivity index (χ1v) is 9.94. The number of rotatable bonds is 6. The van der Waals surface area contributed by atoms with Crippen molar-refractivity contribution in [2.75, 3.05) is 18.7 Å². The third-order valence-corrected chi connectivity index (χ3v) is 5.89. The first-order valence-electron chi connectivity index (χ1n) is 9.94. The van der Waals surface area contributed by atoms with Gasteiger partial charge in [0.1, 0.15) is 0 Å². The van der Waals surface area contributed by atoms with E-state index in [-0.39, 0.29) is 12.7 Å². The lowest BCUT2D eigenvalue weighted by Crippen LogP contribution is -2.27. The summed E-state index contributed by atoms with van der Waals surface area (Å²) in [6, 6.07) is 11.6. The number of benzene rings is 2. The van der Waals surface area contributed by atoms with Gasteiger partial charge in [-0.1, -0.05) is 18.2 Å². The van der Waals surface area contributed by atoms with Gasteiger partial charge < -0.3 is 24.6 Å². The van der Waals surface area contributed by atoms with Crippen molar-refractivity contribution in [3.8, 4) is 11.5 Å². The summed E-state index contributed by atoms with van der Waals surface area (Å²) in [5.41, 5.74) is 4.17. The second kappa shape index (κ2) is 6.90. The maximum absolute atomic E-state index is 13.1. The minimum Gasteiger partial charge on any atom is -0.454 e. The van der Waals surface area contributed by atoms with E-state index in [9.17, 15) is 9.90 Å². The van der Waals surface area contributed by atoms with Crippen molar-refractivity contribution < 1.29 is 24.1 Å². The van der Waals surface area contributed by atoms with E-state index in [1.165, 1.54) is 0 Å². The Morgan fingerprint density at radius 1 is 1.21 bits per heavy atom. The van der Waals surface area contributed by atoms with Gasteiger partial charge in [-0.05, 0) is 72.7 Å². The number of anilines is 1. The van der Waals surface area contributed by atoms with Crippen molar-refractivity contribution in [1.82, 2.24) is 0 Å². The SMILES string of the molecule is CCOC(O)C1=Cc2cc(NC(=O)C3(c4ccc5c(c4)OCO5)CC3)ccc2C1. The fourth-order valence-corrected chi connectivity index (χ4v) is 4.08. The van der Waals surface area contributed by atoms with Gasteiger partial charge in [-0.2, -0.15) is 0 Å². The molecule has 6 nitrogen and oxygen atoms in total. The smallest absolute Gasteiger partial charge is 0.235 e. The van der Waals surface area contributed by atoms with Gasteiger partial charge in [0.05, 0.1) is 5.41 Å². The van der Waals surface area contributed by atoms with E-state index in [0.717, 1.165) is 46.5 Å². The molecule has 29 heavy (non-hydrogen) atoms. The molecule has 1 atom stereocenters. The van der Waals surface area contributed by atoms with Crippen molar-refractivity contribution in [1.29, 1.82) is 0 Å². The van der Waals surface area contributed by atoms with E-state index in [0.29, 0.717) is 18.8 Å². The Morgan fingerprint density at radius 3 is 2.83 bits per heavy atom. The van der Waals surface area contributed by atoms with Crippen molar-refractivity contribution >= 4 is 17.7 Å². The average molecular weight is 393 g/mol. The monoisotopic (exact) mass is 393 g/mol. The fraction of sp³-hybridized carbons (Fsp3) is 0.348. The number of nitrogens with one attached hydrogen (secondary N) is 1. The fourth-order valence-electron chi connectivity index (χ4n) is 4.08. The number of ether oxygens (including phenoxy) is 3. The van der Waals surface area contributed by atoms with Crippen molar-refractivity contribution in [3.63, 3.8) is 0 Å². The lowest BCUT2D eigenvalue weighted by Gasteiger charge is -2.17. The largest absolute Gasteiger partial charge is 0.454 e. The van der Waals surface area contributed by atoms with Crippen LogP contribution in [-0.4, -0.2) is 30.7 Å². The molecule has 0 bridgehead atoms. The summed E-state index contributed by atoms with van der Waals surface area (Å²) in [7, 11) is 0. The maximum atomic E-state index is 13.1. The molecule has 6 heteroatoms. The lowest BCUT2D eigenvalue weighted by atomic mass is 9.94. The highest BCUT2D eigenvalue weighted by molar-refractivity contribution is 6.01. The summed E-state index contributed by atoms with van der Waals surface area (Å²) >= 11 is 0. The zero-order valence-corrected chi connectivity index (χ0v) is 16.2. The quantitative estimate of drug-likeness (QED) is 0.736. The Kier molecular flexibility index (Phi) is 4.33. The summed E-state index contributed by atoms with van der Waals surface area (Å²) in [6.07, 6.45) is 3.34. The van der Waals surface area contributed by atoms with Crippen LogP contribution in [0.25, 0.3) is 6.08 Å². The summed E-state index contributed by atoms with van der Waals surface area (Å²) in [5.74, 6) is 1.41. The molecule has 1 amide bonds. The Balaban J connectivity index is 1.34. The number of fused-ring (bicyclic) bond motifs is 2. The Labute approximate surface area is 169 Å². The first kappa shape index (κ1) is 18.2. The van der Waals surface area contributed by atoms with Gasteiger partial charge in [0.25, 0.3) is 0 Å². The molecule has 2 aromatic carbocycles. The number of aliphatic hydroxyl groups is 1. The van der Waals surface area contributed by atoms with E-state index < -0.39 is 11.7 Å². The molecule has 5 rings (SSSR count). The zero-order valence-electron chi connectivity index (χ0n) is 16.2. The summed E-state index contributed by atoms with van der Waals surface area (Å²) in [4.78, 5) is 13.1. The van der Waals surface area contributed by atoms with Crippen LogP contribution in [0.4, 0.5) is 5.69 Å². The van der Waals surface area contributed by atoms with Gasteiger partial charge in [0.2, 0.25) is 12.7 Å². The predicted molar refractivity (Wildman–Crippen MR) is 108 cm³/mol. The third kappa shape index (κ3) is 3.18. The van der Waals surface area contributed by atoms with E-state index in [4.69, 9.17) is 14.2 Å². The second-order valence-corrected chi connectivity index (χ2v) is 7.72. The number of carbonyl (C=O) groups excluding carboxylic acids is 1. The van der Waals surface area contributed by atoms with E-state index in [1.807, 2.05) is 49.4 Å². The first-order chi connectivity index (χ1) is 14.1. The summed E-state index contributed by atoms with van der Waals surface area (Å²) in [5, 5.41) is 13.1. The maximum Gasteiger partial charge on any atom is 0.235 e. The van der Waals surface area contributed by atoms with Crippen LogP contribution in [0.2, 0.25) is 0 Å². The normalized spacial score (nSPS) is 18.8. The number of carbonyl (C=O) groups is 1. The highest BCUT2D eigenvalue weighted by atomic mass is 16.7. The molecule has 150 valence electrons. The van der Waals surface area contributed by atoms with E-state index in [1.54, 1.807) is 0 Å². The molecule has 3 aliphatic rings. The molecule has 0 saturated heterocycles. The zero-order chi connectivity index (χ0) is 20.0. The van der Waals surface area contributed by atoms with Crippen LogP contribution in [0, 0.1) is 0 Å². The molecule has 1 heterocycles. The Morgan fingerprint density at radius 2 is 2.03 bits per heavy atom. The summed E-state index contributed by atoms with van der Waals surface area (Å²) in [6.45, 7) is 2.53. The van der Waals surface area contributed by atoms with Crippen LogP contribution in [0.15, 0.2) is 42.0 Å². The van der Waals surface area contributed by atoms with Gasteiger partial charge in [-0.3, -0.25) is 4.79 Å². The van der Waals surface area contributed by atoms with Gasteiger partial charge in [-0.25, -0.2) is 0 Å². The number of hydrogen-bond donors (Lipinski definition) is 2. The Bertz CT molecular complexity index is 1010. The molecule has 0 spiro atoms. The van der Waals surface area contributed by atoms with Crippen molar-refractivity contribution in [2.45, 2.75) is 37.9 Å². The van der Waals surface area contributed by atoms with Crippen LogP contribution in [0.3, 0.4) is 0 Å². The average Bonchev–Trinajstić information content (AvgIpc) is 3.21. The molecule has 0 aromatic heterocycles. The van der Waals surface area contributed by atoms with E-state index in [2.05, 4.69) is 5.32 Å². The molecule has 1 unspecified atom stereocenters. The van der Waals surface area contributed by atoms with Crippen molar-refractivity contribution in [3.05, 3.63) is 58.7 Å². The van der Waals surface area contributed by atoms with Crippen LogP contribution in [0.1, 0.15) is 36.5 Å². The van der Waals surface area contributed by atoms with Crippen LogP contribution in [0.5, 0.6) is 11.5 Å². The van der Waals surface area contributed by atoms with E-state index >= 15 is 0 Å². The van der Waals surface area contributed by atoms with Gasteiger partial charge >= 0.3 is 0 Å². The predicted octanol–water partition coefficient (Wildman–Crippen LogP) is 3.38. The number of amides is 1. The molecule has 1 aliphatic heterocycles. The van der Waals surface area contributed by atoms with Crippen LogP contribution in [-0.2, 0) is 21.4 Å². The minimum atomic E-state index is -0.883. The van der Waals surface area contributed by atoms with Crippen LogP contribution >= 0.6 is 0 Å². The number of hydrogen-bond acceptors (Lipinski definition) is 5. The van der Waals surface area contributed by atoms with Gasteiger partial charge in [0.15, 0.2) is 17.8 Å². The standard InChI is InChI=1S/C23H23NO5/c1-2-27-21(25)16-9-14-3-5-18(11-15(14)10-16)24-22(26)23(7-8-23)17-4-6-19-20(12-17)29-13-28-19/h3-6,10-12,21,25H,2,7-9,13H2,1H3,(H,24,26). The Hall–Kier alpha value is -2.83. The molecular weight excluding hydrogens is 370 g/mol. The molecule has 2 N–H and O–H groups in total. The highest BCUT2D eigenvalue weighted by Crippen LogP contribution is 2.51. The third-order valence-electron chi connectivity index (χ3n) is 5.89. The van der Waals surface area contributed by atoms with Crippen LogP contribution < -0.4 is 14.8 Å². The summed E-state index contributed by atoms with van der Waals surface area (Å²) < 4.78 is 16.1. The highest BCUT2D eigenvalue weighted by Gasteiger charge is 2.51. The lowest BCUT2D eigenvalue weighted by molar-refractivity contribution is -0.118. The number of aliphatic hydroxyl groups excluding tert-OH is 1. The molecule has 1 fully saturated rings. The molecule has 2 aliphatic carbocycles. The molecule has 1 saturated carbocycles. The molecule has 2 aromatic rings. The second-order valence-electron chi connectivity index (χ2n) is 7.72. The topological polar surface area (TPSA) is 77.0 Å². The van der Waals surface area contributed by atoms with Gasteiger partial charge in [-0.15, -0.1) is 0 Å². The van der Waals surface area contributed by atoms with Gasteiger partial charge in [0, 0.05) is 12.3 Å². The molecular formula is C23H23NO5. The molecule has 0 radical (unpaired) electrons. The van der Waals surface area contributed by atoms with Crippen molar-refractivity contribution in [2.24, 2.45) is 0 Å².